The fourth-order valence-electron chi connectivity index (χ4n) is 2.79. The minimum absolute atomic E-state index is 0.0116. The summed E-state index contributed by atoms with van der Waals surface area (Å²) in [5, 5.41) is 0. The van der Waals surface area contributed by atoms with Crippen LogP contribution in [0, 0.1) is 0 Å². The van der Waals surface area contributed by atoms with Crippen molar-refractivity contribution in [2.75, 3.05) is 5.75 Å². The van der Waals surface area contributed by atoms with Crippen LogP contribution in [-0.2, 0) is 12.0 Å². The van der Waals surface area contributed by atoms with Gasteiger partial charge in [-0.2, -0.15) is 0 Å². The summed E-state index contributed by atoms with van der Waals surface area (Å²) in [4.78, 5) is 1.47. The molecule has 3 rings (SSSR count). The normalized spacial score (nSPS) is 23.0. The van der Waals surface area contributed by atoms with Crippen molar-refractivity contribution in [3.63, 3.8) is 0 Å². The Kier molecular flexibility index (Phi) is 2.29. The van der Waals surface area contributed by atoms with Crippen molar-refractivity contribution in [3.8, 4) is 0 Å². The van der Waals surface area contributed by atoms with Gasteiger partial charge in [-0.15, -0.1) is 11.8 Å². The third kappa shape index (κ3) is 1.60. The molecule has 1 aromatic carbocycles. The molecule has 2 N–H and O–H groups in total. The van der Waals surface area contributed by atoms with E-state index in [1.165, 1.54) is 53.9 Å². The van der Waals surface area contributed by atoms with Crippen molar-refractivity contribution in [2.24, 2.45) is 5.73 Å². The molecule has 0 unspecified atom stereocenters. The van der Waals surface area contributed by atoms with Gasteiger partial charge in [0.15, 0.2) is 0 Å². The van der Waals surface area contributed by atoms with Gasteiger partial charge in [-0.1, -0.05) is 25.0 Å². The minimum Gasteiger partial charge on any atom is -0.321 e. The van der Waals surface area contributed by atoms with E-state index in [4.69, 9.17) is 5.73 Å². The van der Waals surface area contributed by atoms with Crippen molar-refractivity contribution in [1.29, 1.82) is 0 Å². The summed E-state index contributed by atoms with van der Waals surface area (Å²) in [6, 6.07) is 6.89. The first-order valence-corrected chi connectivity index (χ1v) is 6.82. The number of nitrogens with two attached hydrogens (primary N) is 1. The number of hydrogen-bond acceptors (Lipinski definition) is 2. The third-order valence-corrected chi connectivity index (χ3v) is 4.88. The average molecular weight is 219 g/mol. The lowest BCUT2D eigenvalue weighted by atomic mass is 9.88. The highest BCUT2D eigenvalue weighted by molar-refractivity contribution is 7.99. The Morgan fingerprint density at radius 1 is 1.20 bits per heavy atom. The van der Waals surface area contributed by atoms with Crippen LogP contribution >= 0.6 is 11.8 Å². The molecule has 0 spiro atoms. The molecule has 1 saturated carbocycles. The molecule has 1 aliphatic carbocycles. The van der Waals surface area contributed by atoms with Crippen LogP contribution in [0.15, 0.2) is 23.1 Å². The maximum absolute atomic E-state index is 6.47. The predicted molar refractivity (Wildman–Crippen MR) is 65.2 cm³/mol. The zero-order valence-corrected chi connectivity index (χ0v) is 9.78. The molecule has 1 fully saturated rings. The molecule has 1 aromatic rings. The van der Waals surface area contributed by atoms with Gasteiger partial charge in [0.05, 0.1) is 0 Å². The summed E-state index contributed by atoms with van der Waals surface area (Å²) < 4.78 is 0. The first-order valence-electron chi connectivity index (χ1n) is 5.83. The first-order chi connectivity index (χ1) is 7.28. The summed E-state index contributed by atoms with van der Waals surface area (Å²) in [6.07, 6.45) is 6.15. The van der Waals surface area contributed by atoms with Crippen LogP contribution in [0.25, 0.3) is 0 Å². The van der Waals surface area contributed by atoms with Crippen molar-refractivity contribution < 1.29 is 0 Å². The van der Waals surface area contributed by atoms with E-state index in [0.717, 1.165) is 0 Å². The van der Waals surface area contributed by atoms with Crippen molar-refractivity contribution in [2.45, 2.75) is 42.5 Å². The smallest absolute Gasteiger partial charge is 0.0409 e. The van der Waals surface area contributed by atoms with E-state index >= 15 is 0 Å². The zero-order valence-electron chi connectivity index (χ0n) is 8.96. The second-order valence-electron chi connectivity index (χ2n) is 4.78. The van der Waals surface area contributed by atoms with Crippen LogP contribution in [0.1, 0.15) is 36.8 Å². The van der Waals surface area contributed by atoms with Crippen LogP contribution in [-0.4, -0.2) is 5.75 Å². The molecule has 0 bridgehead atoms. The fourth-order valence-corrected chi connectivity index (χ4v) is 3.84. The summed E-state index contributed by atoms with van der Waals surface area (Å²) in [7, 11) is 0. The van der Waals surface area contributed by atoms with Crippen LogP contribution < -0.4 is 5.73 Å². The molecule has 0 saturated heterocycles. The van der Waals surface area contributed by atoms with Gasteiger partial charge in [-0.25, -0.2) is 0 Å². The van der Waals surface area contributed by atoms with Gasteiger partial charge >= 0.3 is 0 Å². The third-order valence-electron chi connectivity index (χ3n) is 3.76. The molecule has 0 aromatic heterocycles. The van der Waals surface area contributed by atoms with E-state index in [2.05, 4.69) is 18.2 Å². The molecule has 0 amide bonds. The van der Waals surface area contributed by atoms with Gasteiger partial charge < -0.3 is 5.73 Å². The van der Waals surface area contributed by atoms with Gasteiger partial charge in [0.25, 0.3) is 0 Å². The van der Waals surface area contributed by atoms with E-state index in [9.17, 15) is 0 Å². The Hall–Kier alpha value is -0.470. The Labute approximate surface area is 95.4 Å². The monoisotopic (exact) mass is 219 g/mol. The van der Waals surface area contributed by atoms with E-state index < -0.39 is 0 Å². The van der Waals surface area contributed by atoms with Gasteiger partial charge in [-0.3, -0.25) is 0 Å². The quantitative estimate of drug-likeness (QED) is 0.785. The number of rotatable bonds is 1. The molecule has 0 atom stereocenters. The lowest BCUT2D eigenvalue weighted by Crippen LogP contribution is -2.33. The highest BCUT2D eigenvalue weighted by atomic mass is 32.2. The summed E-state index contributed by atoms with van der Waals surface area (Å²) in [5.41, 5.74) is 9.35. The van der Waals surface area contributed by atoms with Crippen molar-refractivity contribution in [1.82, 2.24) is 0 Å². The van der Waals surface area contributed by atoms with E-state index in [0.29, 0.717) is 0 Å². The van der Waals surface area contributed by atoms with Gasteiger partial charge in [0.2, 0.25) is 0 Å². The van der Waals surface area contributed by atoms with Gasteiger partial charge in [0.1, 0.15) is 0 Å². The van der Waals surface area contributed by atoms with E-state index in [-0.39, 0.29) is 5.54 Å². The molecule has 1 heterocycles. The SMILES string of the molecule is NC1(c2ccc3c(c2)CCS3)CCCC1. The largest absolute Gasteiger partial charge is 0.321 e. The van der Waals surface area contributed by atoms with Crippen molar-refractivity contribution in [3.05, 3.63) is 29.3 Å². The zero-order chi connectivity index (χ0) is 10.3. The lowest BCUT2D eigenvalue weighted by molar-refractivity contribution is 0.461. The second kappa shape index (κ2) is 3.53. The number of aryl methyl sites for hydroxylation is 1. The molecular weight excluding hydrogens is 202 g/mol. The molecule has 80 valence electrons. The van der Waals surface area contributed by atoms with E-state index in [1.54, 1.807) is 0 Å². The summed E-state index contributed by atoms with van der Waals surface area (Å²) >= 11 is 1.98. The predicted octanol–water partition coefficient (Wildman–Crippen LogP) is 3.06. The maximum Gasteiger partial charge on any atom is 0.0409 e. The standard InChI is InChI=1S/C13H17NS/c14-13(6-1-2-7-13)11-3-4-12-10(9-11)5-8-15-12/h3-4,9H,1-2,5-8,14H2. The van der Waals surface area contributed by atoms with E-state index in [1.807, 2.05) is 11.8 Å². The van der Waals surface area contributed by atoms with Crippen LogP contribution in [0.2, 0.25) is 0 Å². The second-order valence-corrected chi connectivity index (χ2v) is 5.92. The lowest BCUT2D eigenvalue weighted by Gasteiger charge is -2.24. The Balaban J connectivity index is 1.98. The molecule has 2 aliphatic rings. The number of fused-ring (bicyclic) bond motifs is 1. The Morgan fingerprint density at radius 2 is 2.00 bits per heavy atom. The number of thioether (sulfide) groups is 1. The Morgan fingerprint density at radius 3 is 2.80 bits per heavy atom. The van der Waals surface area contributed by atoms with Crippen LogP contribution in [0.5, 0.6) is 0 Å². The highest BCUT2D eigenvalue weighted by Crippen LogP contribution is 2.39. The number of benzene rings is 1. The fraction of sp³-hybridized carbons (Fsp3) is 0.538. The maximum atomic E-state index is 6.47. The van der Waals surface area contributed by atoms with Crippen molar-refractivity contribution >= 4 is 11.8 Å². The summed E-state index contributed by atoms with van der Waals surface area (Å²) in [6.45, 7) is 0. The summed E-state index contributed by atoms with van der Waals surface area (Å²) in [5.74, 6) is 1.25. The molecular formula is C13H17NS. The molecule has 1 nitrogen and oxygen atoms in total. The number of hydrogen-bond donors (Lipinski definition) is 1. The Bertz CT molecular complexity index is 380. The topological polar surface area (TPSA) is 26.0 Å². The van der Waals surface area contributed by atoms with Gasteiger partial charge in [-0.05, 0) is 36.5 Å². The molecule has 15 heavy (non-hydrogen) atoms. The van der Waals surface area contributed by atoms with Crippen LogP contribution in [0.3, 0.4) is 0 Å². The molecule has 1 aliphatic heterocycles. The minimum atomic E-state index is -0.0116. The highest BCUT2D eigenvalue weighted by Gasteiger charge is 2.31. The van der Waals surface area contributed by atoms with Crippen LogP contribution in [0.4, 0.5) is 0 Å². The molecule has 0 radical (unpaired) electrons. The average Bonchev–Trinajstić information content (AvgIpc) is 2.85. The van der Waals surface area contributed by atoms with Gasteiger partial charge in [0, 0.05) is 16.2 Å². The molecule has 2 heteroatoms. The first kappa shape index (κ1) is 9.73.